The summed E-state index contributed by atoms with van der Waals surface area (Å²) in [6.07, 6.45) is 3.62. The number of aliphatic imine (C=N–C) groups is 1. The van der Waals surface area contributed by atoms with Crippen molar-refractivity contribution in [1.29, 1.82) is 0 Å². The molecule has 1 fully saturated rings. The number of likely N-dealkylation sites (tertiary alicyclic amines) is 1. The number of aliphatic hydroxyl groups excluding tert-OH is 1. The third-order valence-electron chi connectivity index (χ3n) is 5.37. The molecule has 1 aromatic carbocycles. The second kappa shape index (κ2) is 7.84. The van der Waals surface area contributed by atoms with Crippen molar-refractivity contribution < 1.29 is 9.90 Å². The molecule has 1 atom stereocenters. The minimum Gasteiger partial charge on any atom is -0.392 e. The lowest BCUT2D eigenvalue weighted by Gasteiger charge is -2.26. The smallest absolute Gasteiger partial charge is 0.228 e. The Kier molecular flexibility index (Phi) is 5.31. The predicted molar refractivity (Wildman–Crippen MR) is 105 cm³/mol. The number of hydrogen-bond acceptors (Lipinski definition) is 5. The zero-order valence-corrected chi connectivity index (χ0v) is 15.7. The van der Waals surface area contributed by atoms with Crippen LogP contribution in [0.3, 0.4) is 0 Å². The van der Waals surface area contributed by atoms with E-state index in [1.165, 1.54) is 5.56 Å². The Balaban J connectivity index is 1.30. The van der Waals surface area contributed by atoms with Gasteiger partial charge in [0.05, 0.1) is 13.0 Å². The standard InChI is InChI=1S/C20H25N3O2S/c24-13-16-4-2-15(3-5-16)10-17-6-9-22(12-17)19(25)11-18-14-26-20-21-7-1-8-23(18)20/h2-5,14,17,24H,1,6-13H2/t17-/m1/s1. The Bertz CT molecular complexity index is 729. The van der Waals surface area contributed by atoms with E-state index in [1.54, 1.807) is 11.8 Å². The molecule has 1 amide bonds. The van der Waals surface area contributed by atoms with E-state index >= 15 is 0 Å². The zero-order chi connectivity index (χ0) is 17.9. The van der Waals surface area contributed by atoms with Gasteiger partial charge in [0.25, 0.3) is 0 Å². The van der Waals surface area contributed by atoms with Gasteiger partial charge in [0.2, 0.25) is 5.91 Å². The van der Waals surface area contributed by atoms with E-state index in [0.29, 0.717) is 12.3 Å². The molecular weight excluding hydrogens is 346 g/mol. The van der Waals surface area contributed by atoms with Gasteiger partial charge in [-0.1, -0.05) is 36.0 Å². The number of nitrogens with zero attached hydrogens (tertiary/aromatic N) is 3. The molecule has 3 aliphatic rings. The first-order valence-electron chi connectivity index (χ1n) is 9.37. The van der Waals surface area contributed by atoms with Crippen molar-refractivity contribution in [2.75, 3.05) is 26.2 Å². The molecule has 4 rings (SSSR count). The van der Waals surface area contributed by atoms with E-state index in [0.717, 1.165) is 61.9 Å². The maximum Gasteiger partial charge on any atom is 0.228 e. The van der Waals surface area contributed by atoms with Gasteiger partial charge in [-0.2, -0.15) is 0 Å². The summed E-state index contributed by atoms with van der Waals surface area (Å²) in [5, 5.41) is 12.3. The molecular formula is C20H25N3O2S. The average molecular weight is 372 g/mol. The van der Waals surface area contributed by atoms with Crippen LogP contribution in [-0.2, 0) is 17.8 Å². The molecule has 0 unspecified atom stereocenters. The molecule has 0 aromatic heterocycles. The highest BCUT2D eigenvalue weighted by atomic mass is 32.2. The number of aliphatic hydroxyl groups is 1. The molecule has 0 radical (unpaired) electrons. The minimum absolute atomic E-state index is 0.0869. The zero-order valence-electron chi connectivity index (χ0n) is 14.9. The van der Waals surface area contributed by atoms with Gasteiger partial charge in [-0.3, -0.25) is 9.79 Å². The lowest BCUT2D eigenvalue weighted by atomic mass is 9.98. The topological polar surface area (TPSA) is 56.1 Å². The highest BCUT2D eigenvalue weighted by molar-refractivity contribution is 8.16. The number of amidine groups is 1. The van der Waals surface area contributed by atoms with Crippen LogP contribution in [0.15, 0.2) is 40.4 Å². The molecule has 0 saturated carbocycles. The Hall–Kier alpha value is -1.79. The van der Waals surface area contributed by atoms with Crippen molar-refractivity contribution in [2.45, 2.75) is 32.3 Å². The maximum atomic E-state index is 12.7. The first kappa shape index (κ1) is 17.6. The number of hydrogen-bond donors (Lipinski definition) is 1. The van der Waals surface area contributed by atoms with Gasteiger partial charge in [0.15, 0.2) is 5.17 Å². The molecule has 0 spiro atoms. The second-order valence-electron chi connectivity index (χ2n) is 7.25. The molecule has 1 saturated heterocycles. The number of thioether (sulfide) groups is 1. The van der Waals surface area contributed by atoms with Crippen LogP contribution in [0.5, 0.6) is 0 Å². The van der Waals surface area contributed by atoms with Gasteiger partial charge < -0.3 is 14.9 Å². The number of carbonyl (C=O) groups is 1. The Morgan fingerprint density at radius 2 is 2.04 bits per heavy atom. The van der Waals surface area contributed by atoms with Crippen molar-refractivity contribution in [3.63, 3.8) is 0 Å². The summed E-state index contributed by atoms with van der Waals surface area (Å²) in [5.41, 5.74) is 3.34. The van der Waals surface area contributed by atoms with Crippen LogP contribution in [0.1, 0.15) is 30.4 Å². The summed E-state index contributed by atoms with van der Waals surface area (Å²) in [6, 6.07) is 8.14. The van der Waals surface area contributed by atoms with Gasteiger partial charge in [-0.05, 0) is 41.7 Å². The highest BCUT2D eigenvalue weighted by Gasteiger charge is 2.30. The molecule has 5 nitrogen and oxygen atoms in total. The van der Waals surface area contributed by atoms with Crippen LogP contribution in [0.25, 0.3) is 0 Å². The van der Waals surface area contributed by atoms with Crippen LogP contribution in [0.2, 0.25) is 0 Å². The summed E-state index contributed by atoms with van der Waals surface area (Å²) >= 11 is 1.65. The summed E-state index contributed by atoms with van der Waals surface area (Å²) in [6.45, 7) is 3.68. The van der Waals surface area contributed by atoms with Crippen molar-refractivity contribution in [3.05, 3.63) is 46.5 Å². The van der Waals surface area contributed by atoms with Gasteiger partial charge in [0.1, 0.15) is 0 Å². The maximum absolute atomic E-state index is 12.7. The van der Waals surface area contributed by atoms with Crippen molar-refractivity contribution >= 4 is 22.8 Å². The largest absolute Gasteiger partial charge is 0.392 e. The molecule has 3 heterocycles. The number of amides is 1. The summed E-state index contributed by atoms with van der Waals surface area (Å²) in [4.78, 5) is 21.5. The fourth-order valence-electron chi connectivity index (χ4n) is 3.88. The number of fused-ring (bicyclic) bond motifs is 1. The van der Waals surface area contributed by atoms with Crippen LogP contribution >= 0.6 is 11.8 Å². The fraction of sp³-hybridized carbons (Fsp3) is 0.500. The van der Waals surface area contributed by atoms with Gasteiger partial charge in [0, 0.05) is 31.9 Å². The minimum atomic E-state index is 0.0869. The van der Waals surface area contributed by atoms with E-state index in [4.69, 9.17) is 5.11 Å². The molecule has 3 aliphatic heterocycles. The van der Waals surface area contributed by atoms with E-state index in [-0.39, 0.29) is 12.5 Å². The normalized spacial score (nSPS) is 22.3. The van der Waals surface area contributed by atoms with E-state index in [1.807, 2.05) is 17.0 Å². The van der Waals surface area contributed by atoms with E-state index in [2.05, 4.69) is 27.4 Å². The number of rotatable bonds is 5. The Morgan fingerprint density at radius 3 is 2.85 bits per heavy atom. The van der Waals surface area contributed by atoms with Gasteiger partial charge in [-0.25, -0.2) is 0 Å². The van der Waals surface area contributed by atoms with Crippen molar-refractivity contribution in [3.8, 4) is 0 Å². The SMILES string of the molecule is O=C(CC1=CSC2=NCCCN12)N1CC[C@H](Cc2ccc(CO)cc2)C1. The average Bonchev–Trinajstić information content (AvgIpc) is 3.30. The summed E-state index contributed by atoms with van der Waals surface area (Å²) in [7, 11) is 0. The van der Waals surface area contributed by atoms with Crippen molar-refractivity contribution in [2.24, 2.45) is 10.9 Å². The predicted octanol–water partition coefficient (Wildman–Crippen LogP) is 2.61. The molecule has 138 valence electrons. The highest BCUT2D eigenvalue weighted by Crippen LogP contribution is 2.31. The molecule has 6 heteroatoms. The molecule has 1 aromatic rings. The monoisotopic (exact) mass is 371 g/mol. The number of benzene rings is 1. The van der Waals surface area contributed by atoms with E-state index < -0.39 is 0 Å². The van der Waals surface area contributed by atoms with Crippen LogP contribution in [-0.4, -0.2) is 52.2 Å². The lowest BCUT2D eigenvalue weighted by Crippen LogP contribution is -2.34. The number of carbonyl (C=O) groups excluding carboxylic acids is 1. The summed E-state index contributed by atoms with van der Waals surface area (Å²) in [5.74, 6) is 0.764. The fourth-order valence-corrected chi connectivity index (χ4v) is 4.83. The summed E-state index contributed by atoms with van der Waals surface area (Å²) < 4.78 is 0. The quantitative estimate of drug-likeness (QED) is 0.864. The Morgan fingerprint density at radius 1 is 1.23 bits per heavy atom. The molecule has 0 aliphatic carbocycles. The third kappa shape index (κ3) is 3.81. The Labute approximate surface area is 158 Å². The molecule has 26 heavy (non-hydrogen) atoms. The first-order valence-corrected chi connectivity index (χ1v) is 10.2. The van der Waals surface area contributed by atoms with Crippen LogP contribution < -0.4 is 0 Å². The second-order valence-corrected chi connectivity index (χ2v) is 8.08. The van der Waals surface area contributed by atoms with Crippen molar-refractivity contribution in [1.82, 2.24) is 9.80 Å². The van der Waals surface area contributed by atoms with Gasteiger partial charge in [-0.15, -0.1) is 0 Å². The van der Waals surface area contributed by atoms with Crippen LogP contribution in [0.4, 0.5) is 0 Å². The lowest BCUT2D eigenvalue weighted by molar-refractivity contribution is -0.129. The molecule has 1 N–H and O–H groups in total. The molecule has 0 bridgehead atoms. The van der Waals surface area contributed by atoms with E-state index in [9.17, 15) is 4.79 Å². The third-order valence-corrected chi connectivity index (χ3v) is 6.32. The van der Waals surface area contributed by atoms with Crippen LogP contribution in [0, 0.1) is 5.92 Å². The first-order chi connectivity index (χ1) is 12.7. The van der Waals surface area contributed by atoms with Gasteiger partial charge >= 0.3 is 0 Å².